The summed E-state index contributed by atoms with van der Waals surface area (Å²) in [5.74, 6) is 0.612. The fraction of sp³-hybridized carbons (Fsp3) is 0.538. The zero-order chi connectivity index (χ0) is 12.3. The van der Waals surface area contributed by atoms with Crippen LogP contribution in [0.4, 0.5) is 0 Å². The fourth-order valence-electron chi connectivity index (χ4n) is 1.50. The third-order valence-electron chi connectivity index (χ3n) is 2.72. The maximum atomic E-state index is 10.1. The van der Waals surface area contributed by atoms with E-state index in [1.165, 1.54) is 12.8 Å². The Hall–Kier alpha value is -0.770. The molecule has 2 N–H and O–H groups in total. The lowest BCUT2D eigenvalue weighted by Gasteiger charge is -2.24. The minimum Gasteiger partial charge on any atom is -0.489 e. The largest absolute Gasteiger partial charge is 0.489 e. The van der Waals surface area contributed by atoms with Crippen LogP contribution >= 0.6 is 11.6 Å². The molecule has 1 fully saturated rings. The second-order valence-electron chi connectivity index (χ2n) is 4.87. The summed E-state index contributed by atoms with van der Waals surface area (Å²) in [6, 6.07) is 7.86. The molecule has 0 saturated heterocycles. The Morgan fingerprint density at radius 1 is 1.47 bits per heavy atom. The highest BCUT2D eigenvalue weighted by Crippen LogP contribution is 2.24. The molecular formula is C13H18ClNO2. The van der Waals surface area contributed by atoms with E-state index in [0.29, 0.717) is 23.4 Å². The summed E-state index contributed by atoms with van der Waals surface area (Å²) in [5, 5.41) is 14.0. The van der Waals surface area contributed by atoms with Gasteiger partial charge in [0, 0.05) is 12.6 Å². The number of ether oxygens (including phenoxy) is 1. The van der Waals surface area contributed by atoms with Crippen LogP contribution in [0.1, 0.15) is 19.8 Å². The van der Waals surface area contributed by atoms with Gasteiger partial charge < -0.3 is 15.2 Å². The van der Waals surface area contributed by atoms with Crippen LogP contribution in [-0.4, -0.2) is 29.9 Å². The second kappa shape index (κ2) is 5.25. The molecule has 4 heteroatoms. The Labute approximate surface area is 107 Å². The molecule has 0 spiro atoms. The zero-order valence-corrected chi connectivity index (χ0v) is 10.7. The van der Waals surface area contributed by atoms with E-state index in [1.807, 2.05) is 12.1 Å². The zero-order valence-electron chi connectivity index (χ0n) is 9.95. The number of benzene rings is 1. The van der Waals surface area contributed by atoms with Crippen LogP contribution in [0.3, 0.4) is 0 Å². The molecule has 0 radical (unpaired) electrons. The first-order valence-corrected chi connectivity index (χ1v) is 6.28. The van der Waals surface area contributed by atoms with Crippen LogP contribution < -0.4 is 10.1 Å². The highest BCUT2D eigenvalue weighted by molar-refractivity contribution is 6.32. The van der Waals surface area contributed by atoms with Gasteiger partial charge in [-0.3, -0.25) is 0 Å². The molecular weight excluding hydrogens is 238 g/mol. The van der Waals surface area contributed by atoms with Crippen molar-refractivity contribution in [1.82, 2.24) is 5.32 Å². The molecule has 0 amide bonds. The summed E-state index contributed by atoms with van der Waals surface area (Å²) in [4.78, 5) is 0. The van der Waals surface area contributed by atoms with Crippen LogP contribution in [0.2, 0.25) is 5.02 Å². The Balaban J connectivity index is 1.81. The lowest BCUT2D eigenvalue weighted by atomic mass is 10.1. The average molecular weight is 256 g/mol. The lowest BCUT2D eigenvalue weighted by molar-refractivity contribution is 0.0120. The van der Waals surface area contributed by atoms with Gasteiger partial charge >= 0.3 is 0 Å². The minimum absolute atomic E-state index is 0.233. The van der Waals surface area contributed by atoms with E-state index in [4.69, 9.17) is 16.3 Å². The summed E-state index contributed by atoms with van der Waals surface area (Å²) >= 11 is 5.97. The standard InChI is InChI=1S/C13H18ClNO2/c1-13(16,8-15-10-6-7-10)9-17-12-5-3-2-4-11(12)14/h2-5,10,15-16H,6-9H2,1H3. The maximum Gasteiger partial charge on any atom is 0.138 e. The van der Waals surface area contributed by atoms with Crippen molar-refractivity contribution < 1.29 is 9.84 Å². The van der Waals surface area contributed by atoms with Crippen molar-refractivity contribution in [3.05, 3.63) is 29.3 Å². The first kappa shape index (κ1) is 12.7. The molecule has 3 nitrogen and oxygen atoms in total. The summed E-state index contributed by atoms with van der Waals surface area (Å²) in [6.45, 7) is 2.54. The van der Waals surface area contributed by atoms with Crippen LogP contribution in [0.5, 0.6) is 5.75 Å². The van der Waals surface area contributed by atoms with Gasteiger partial charge in [-0.25, -0.2) is 0 Å². The molecule has 1 saturated carbocycles. The average Bonchev–Trinajstić information content (AvgIpc) is 3.09. The van der Waals surface area contributed by atoms with E-state index in [-0.39, 0.29) is 6.61 Å². The van der Waals surface area contributed by atoms with Gasteiger partial charge in [-0.2, -0.15) is 0 Å². The highest BCUT2D eigenvalue weighted by Gasteiger charge is 2.27. The van der Waals surface area contributed by atoms with Gasteiger partial charge in [0.2, 0.25) is 0 Å². The number of aliphatic hydroxyl groups is 1. The normalized spacial score (nSPS) is 18.8. The van der Waals surface area contributed by atoms with Crippen molar-refractivity contribution >= 4 is 11.6 Å². The Bertz CT molecular complexity index is 377. The molecule has 1 atom stereocenters. The van der Waals surface area contributed by atoms with Gasteiger partial charge in [0.15, 0.2) is 0 Å². The fourth-order valence-corrected chi connectivity index (χ4v) is 1.69. The van der Waals surface area contributed by atoms with Gasteiger partial charge in [-0.1, -0.05) is 23.7 Å². The van der Waals surface area contributed by atoms with Crippen molar-refractivity contribution in [3.63, 3.8) is 0 Å². The number of hydrogen-bond acceptors (Lipinski definition) is 3. The molecule has 0 bridgehead atoms. The molecule has 1 aliphatic carbocycles. The summed E-state index contributed by atoms with van der Waals surface area (Å²) in [6.07, 6.45) is 2.42. The predicted molar refractivity (Wildman–Crippen MR) is 68.6 cm³/mol. The Morgan fingerprint density at radius 2 is 2.18 bits per heavy atom. The molecule has 94 valence electrons. The first-order chi connectivity index (χ1) is 8.07. The first-order valence-electron chi connectivity index (χ1n) is 5.90. The predicted octanol–water partition coefficient (Wildman–Crippen LogP) is 2.22. The van der Waals surface area contributed by atoms with Crippen molar-refractivity contribution in [2.75, 3.05) is 13.2 Å². The van der Waals surface area contributed by atoms with Crippen molar-refractivity contribution in [2.45, 2.75) is 31.4 Å². The second-order valence-corrected chi connectivity index (χ2v) is 5.28. The molecule has 0 aromatic heterocycles. The van der Waals surface area contributed by atoms with E-state index in [9.17, 15) is 5.11 Å². The topological polar surface area (TPSA) is 41.5 Å². The molecule has 1 aliphatic rings. The Morgan fingerprint density at radius 3 is 2.82 bits per heavy atom. The molecule has 17 heavy (non-hydrogen) atoms. The molecule has 2 rings (SSSR count). The van der Waals surface area contributed by atoms with Crippen molar-refractivity contribution in [3.8, 4) is 5.75 Å². The number of para-hydroxylation sites is 1. The third kappa shape index (κ3) is 4.19. The Kier molecular flexibility index (Phi) is 3.92. The quantitative estimate of drug-likeness (QED) is 0.819. The third-order valence-corrected chi connectivity index (χ3v) is 3.04. The van der Waals surface area contributed by atoms with Crippen LogP contribution in [0, 0.1) is 0 Å². The van der Waals surface area contributed by atoms with Gasteiger partial charge in [-0.05, 0) is 31.9 Å². The summed E-state index contributed by atoms with van der Waals surface area (Å²) in [7, 11) is 0. The van der Waals surface area contributed by atoms with Crippen molar-refractivity contribution in [1.29, 1.82) is 0 Å². The van der Waals surface area contributed by atoms with Gasteiger partial charge in [0.05, 0.1) is 5.02 Å². The van der Waals surface area contributed by atoms with Gasteiger partial charge in [0.1, 0.15) is 18.0 Å². The molecule has 0 heterocycles. The smallest absolute Gasteiger partial charge is 0.138 e. The van der Waals surface area contributed by atoms with Crippen LogP contribution in [0.15, 0.2) is 24.3 Å². The van der Waals surface area contributed by atoms with Crippen LogP contribution in [0.25, 0.3) is 0 Å². The number of nitrogens with one attached hydrogen (secondary N) is 1. The van der Waals surface area contributed by atoms with Gasteiger partial charge in [0.25, 0.3) is 0 Å². The van der Waals surface area contributed by atoms with E-state index in [1.54, 1.807) is 19.1 Å². The molecule has 1 unspecified atom stereocenters. The maximum absolute atomic E-state index is 10.1. The molecule has 0 aliphatic heterocycles. The monoisotopic (exact) mass is 255 g/mol. The molecule has 1 aromatic carbocycles. The number of hydrogen-bond donors (Lipinski definition) is 2. The van der Waals surface area contributed by atoms with E-state index >= 15 is 0 Å². The number of rotatable bonds is 6. The number of halogens is 1. The van der Waals surface area contributed by atoms with Gasteiger partial charge in [-0.15, -0.1) is 0 Å². The SMILES string of the molecule is CC(O)(CNC1CC1)COc1ccccc1Cl. The van der Waals surface area contributed by atoms with Crippen LogP contribution in [-0.2, 0) is 0 Å². The minimum atomic E-state index is -0.873. The highest BCUT2D eigenvalue weighted by atomic mass is 35.5. The molecule has 1 aromatic rings. The van der Waals surface area contributed by atoms with E-state index in [2.05, 4.69) is 5.32 Å². The van der Waals surface area contributed by atoms with E-state index < -0.39 is 5.60 Å². The summed E-state index contributed by atoms with van der Waals surface area (Å²) in [5.41, 5.74) is -0.873. The van der Waals surface area contributed by atoms with Crippen molar-refractivity contribution in [2.24, 2.45) is 0 Å². The lowest BCUT2D eigenvalue weighted by Crippen LogP contribution is -2.43. The van der Waals surface area contributed by atoms with E-state index in [0.717, 1.165) is 0 Å². The summed E-state index contributed by atoms with van der Waals surface area (Å²) < 4.78 is 5.53.